The molecular weight excluding hydrogens is 336 g/mol. The van der Waals surface area contributed by atoms with E-state index < -0.39 is 18.5 Å². The van der Waals surface area contributed by atoms with Crippen molar-refractivity contribution in [1.29, 1.82) is 0 Å². The first-order valence-electron chi connectivity index (χ1n) is 7.20. The highest BCUT2D eigenvalue weighted by Crippen LogP contribution is 2.17. The number of hydrogen-bond acceptors (Lipinski definition) is 6. The van der Waals surface area contributed by atoms with Gasteiger partial charge in [0, 0.05) is 11.1 Å². The molecule has 128 valence electrons. The van der Waals surface area contributed by atoms with Gasteiger partial charge in [-0.2, -0.15) is 0 Å². The van der Waals surface area contributed by atoms with Crippen LogP contribution in [-0.4, -0.2) is 30.2 Å². The van der Waals surface area contributed by atoms with Gasteiger partial charge in [-0.15, -0.1) is 0 Å². The van der Waals surface area contributed by atoms with Gasteiger partial charge < -0.3 is 19.3 Å². The van der Waals surface area contributed by atoms with Crippen LogP contribution < -0.4 is 10.1 Å². The minimum absolute atomic E-state index is 0.184. The van der Waals surface area contributed by atoms with Crippen molar-refractivity contribution in [3.05, 3.63) is 46.7 Å². The summed E-state index contributed by atoms with van der Waals surface area (Å²) in [6.45, 7) is 2.75. The highest BCUT2D eigenvalue weighted by Gasteiger charge is 2.13. The second-order valence-electron chi connectivity index (χ2n) is 5.07. The fourth-order valence-electron chi connectivity index (χ4n) is 1.87. The molecule has 1 amide bonds. The molecule has 0 bridgehead atoms. The van der Waals surface area contributed by atoms with Crippen LogP contribution in [0.3, 0.4) is 0 Å². The Balaban J connectivity index is 1.71. The second kappa shape index (κ2) is 8.35. The topological polar surface area (TPSA) is 90.7 Å². The average molecular weight is 353 g/mol. The van der Waals surface area contributed by atoms with Crippen molar-refractivity contribution >= 4 is 23.5 Å². The first-order valence-corrected chi connectivity index (χ1v) is 7.58. The lowest BCUT2D eigenvalue weighted by Crippen LogP contribution is -2.31. The van der Waals surface area contributed by atoms with E-state index >= 15 is 0 Å². The van der Waals surface area contributed by atoms with Gasteiger partial charge >= 0.3 is 5.97 Å². The molecule has 1 heterocycles. The fraction of sp³-hybridized carbons (Fsp3) is 0.312. The first kappa shape index (κ1) is 17.8. The Bertz CT molecular complexity index is 716. The summed E-state index contributed by atoms with van der Waals surface area (Å²) >= 11 is 5.91. The van der Waals surface area contributed by atoms with E-state index in [0.717, 1.165) is 5.56 Å². The van der Waals surface area contributed by atoms with Crippen LogP contribution in [0, 0.1) is 6.92 Å². The van der Waals surface area contributed by atoms with Crippen LogP contribution in [0.5, 0.6) is 5.88 Å². The van der Waals surface area contributed by atoms with Gasteiger partial charge in [0.15, 0.2) is 13.2 Å². The maximum absolute atomic E-state index is 11.8. The fourth-order valence-corrected chi connectivity index (χ4v) is 2.07. The molecular formula is C16H17ClN2O5. The zero-order chi connectivity index (χ0) is 17.5. The maximum atomic E-state index is 11.8. The number of esters is 1. The normalized spacial score (nSPS) is 11.6. The molecule has 0 unspecified atom stereocenters. The Kier molecular flexibility index (Phi) is 6.20. The summed E-state index contributed by atoms with van der Waals surface area (Å²) in [5, 5.41) is 6.86. The van der Waals surface area contributed by atoms with E-state index in [9.17, 15) is 9.59 Å². The lowest BCUT2D eigenvalue weighted by atomic mass is 10.1. The number of amides is 1. The van der Waals surface area contributed by atoms with Crippen LogP contribution in [0.25, 0.3) is 0 Å². The number of aromatic nitrogens is 1. The maximum Gasteiger partial charge on any atom is 0.344 e. The van der Waals surface area contributed by atoms with Crippen molar-refractivity contribution in [2.24, 2.45) is 0 Å². The lowest BCUT2D eigenvalue weighted by Gasteiger charge is -2.14. The molecule has 24 heavy (non-hydrogen) atoms. The highest BCUT2D eigenvalue weighted by molar-refractivity contribution is 6.30. The number of carbonyl (C=O) groups is 2. The molecule has 0 aliphatic heterocycles. The van der Waals surface area contributed by atoms with Crippen LogP contribution in [0.4, 0.5) is 0 Å². The molecule has 1 aromatic heterocycles. The first-order chi connectivity index (χ1) is 11.4. The van der Waals surface area contributed by atoms with Crippen molar-refractivity contribution in [3.8, 4) is 5.88 Å². The zero-order valence-corrected chi connectivity index (χ0v) is 14.0. The smallest absolute Gasteiger partial charge is 0.344 e. The molecule has 0 radical (unpaired) electrons. The summed E-state index contributed by atoms with van der Waals surface area (Å²) < 4.78 is 14.7. The predicted octanol–water partition coefficient (Wildman–Crippen LogP) is 2.44. The largest absolute Gasteiger partial charge is 0.463 e. The number of halogens is 1. The second-order valence-corrected chi connectivity index (χ2v) is 5.51. The number of benzene rings is 1. The Morgan fingerprint density at radius 1 is 1.33 bits per heavy atom. The molecule has 2 aromatic rings. The van der Waals surface area contributed by atoms with Gasteiger partial charge in [0.25, 0.3) is 11.8 Å². The Labute approximate surface area is 143 Å². The third-order valence-corrected chi connectivity index (χ3v) is 3.27. The molecule has 1 atom stereocenters. The molecule has 0 aliphatic rings. The number of rotatable bonds is 7. The molecule has 1 N–H and O–H groups in total. The van der Waals surface area contributed by atoms with Gasteiger partial charge in [-0.3, -0.25) is 4.79 Å². The number of ether oxygens (including phenoxy) is 2. The van der Waals surface area contributed by atoms with Gasteiger partial charge in [0.1, 0.15) is 5.76 Å². The third kappa shape index (κ3) is 5.58. The Hall–Kier alpha value is -2.54. The molecule has 8 heteroatoms. The third-order valence-electron chi connectivity index (χ3n) is 3.03. The van der Waals surface area contributed by atoms with Crippen LogP contribution in [0.1, 0.15) is 24.3 Å². The van der Waals surface area contributed by atoms with Gasteiger partial charge in [0.2, 0.25) is 0 Å². The summed E-state index contributed by atoms with van der Waals surface area (Å²) in [6, 6.07) is 8.42. The van der Waals surface area contributed by atoms with Crippen molar-refractivity contribution in [3.63, 3.8) is 0 Å². The monoisotopic (exact) mass is 352 g/mol. The average Bonchev–Trinajstić information content (AvgIpc) is 2.96. The van der Waals surface area contributed by atoms with Crippen LogP contribution in [-0.2, 0) is 14.3 Å². The van der Waals surface area contributed by atoms with Crippen LogP contribution in [0.2, 0.25) is 5.02 Å². The molecule has 2 rings (SSSR count). The number of aryl methyl sites for hydroxylation is 1. The van der Waals surface area contributed by atoms with E-state index in [1.165, 1.54) is 6.07 Å². The minimum atomic E-state index is -0.679. The molecule has 1 aromatic carbocycles. The standard InChI is InChI=1S/C16H17ClN2O5/c1-10-6-15(19-24-10)22-9-16(21)23-8-14(20)18-11(2)12-4-3-5-13(17)7-12/h3-7,11H,8-9H2,1-2H3,(H,18,20)/t11-/m0/s1. The summed E-state index contributed by atoms with van der Waals surface area (Å²) in [6.07, 6.45) is 0. The molecule has 0 fully saturated rings. The number of nitrogens with one attached hydrogen (secondary N) is 1. The summed E-state index contributed by atoms with van der Waals surface area (Å²) in [5.41, 5.74) is 0.854. The van der Waals surface area contributed by atoms with Crippen molar-refractivity contribution in [1.82, 2.24) is 10.5 Å². The highest BCUT2D eigenvalue weighted by atomic mass is 35.5. The molecule has 0 saturated heterocycles. The van der Waals surface area contributed by atoms with Crippen LogP contribution in [0.15, 0.2) is 34.9 Å². The van der Waals surface area contributed by atoms with Gasteiger partial charge in [-0.05, 0) is 36.7 Å². The number of nitrogens with zero attached hydrogens (tertiary/aromatic N) is 1. The summed E-state index contributed by atoms with van der Waals surface area (Å²) in [4.78, 5) is 23.3. The molecule has 7 nitrogen and oxygen atoms in total. The molecule has 0 spiro atoms. The van der Waals surface area contributed by atoms with Gasteiger partial charge in [0.05, 0.1) is 6.04 Å². The van der Waals surface area contributed by atoms with Crippen molar-refractivity contribution in [2.45, 2.75) is 19.9 Å². The van der Waals surface area contributed by atoms with E-state index in [-0.39, 0.29) is 18.5 Å². The number of hydrogen-bond donors (Lipinski definition) is 1. The number of carbonyl (C=O) groups excluding carboxylic acids is 2. The lowest BCUT2D eigenvalue weighted by molar-refractivity contribution is -0.150. The summed E-state index contributed by atoms with van der Waals surface area (Å²) in [7, 11) is 0. The SMILES string of the molecule is Cc1cc(OCC(=O)OCC(=O)N[C@@H](C)c2cccc(Cl)c2)no1. The van der Waals surface area contributed by atoms with E-state index in [1.54, 1.807) is 32.0 Å². The van der Waals surface area contributed by atoms with E-state index in [1.807, 2.05) is 6.07 Å². The van der Waals surface area contributed by atoms with E-state index in [4.69, 9.17) is 25.6 Å². The Morgan fingerprint density at radius 3 is 2.79 bits per heavy atom. The molecule has 0 saturated carbocycles. The Morgan fingerprint density at radius 2 is 2.12 bits per heavy atom. The van der Waals surface area contributed by atoms with Crippen LogP contribution >= 0.6 is 11.6 Å². The minimum Gasteiger partial charge on any atom is -0.463 e. The zero-order valence-electron chi connectivity index (χ0n) is 13.2. The quantitative estimate of drug-likeness (QED) is 0.770. The van der Waals surface area contributed by atoms with Crippen molar-refractivity contribution < 1.29 is 23.6 Å². The van der Waals surface area contributed by atoms with Crippen molar-refractivity contribution in [2.75, 3.05) is 13.2 Å². The van der Waals surface area contributed by atoms with Gasteiger partial charge in [-0.1, -0.05) is 23.7 Å². The summed E-state index contributed by atoms with van der Waals surface area (Å²) in [5.74, 6) is -0.356. The van der Waals surface area contributed by atoms with E-state index in [2.05, 4.69) is 10.5 Å². The predicted molar refractivity (Wildman–Crippen MR) is 85.7 cm³/mol. The van der Waals surface area contributed by atoms with E-state index in [0.29, 0.717) is 10.8 Å². The van der Waals surface area contributed by atoms with Gasteiger partial charge in [-0.25, -0.2) is 4.79 Å². The molecule has 0 aliphatic carbocycles.